The number of carbonyl (C=O) groups excluding carboxylic acids is 2. The smallest absolute Gasteiger partial charge is 0.244 e. The van der Waals surface area contributed by atoms with Crippen molar-refractivity contribution in [2.75, 3.05) is 18.4 Å². The molecule has 8 heteroatoms. The van der Waals surface area contributed by atoms with Crippen molar-refractivity contribution in [2.24, 2.45) is 0 Å². The summed E-state index contributed by atoms with van der Waals surface area (Å²) in [5.74, 6) is 5.59. The molecule has 1 saturated carbocycles. The van der Waals surface area contributed by atoms with Gasteiger partial charge in [0.2, 0.25) is 11.8 Å². The predicted molar refractivity (Wildman–Crippen MR) is 150 cm³/mol. The summed E-state index contributed by atoms with van der Waals surface area (Å²) >= 11 is 0. The van der Waals surface area contributed by atoms with Crippen LogP contribution in [0.15, 0.2) is 54.7 Å². The van der Waals surface area contributed by atoms with Crippen LogP contribution in [0, 0.1) is 23.5 Å². The zero-order valence-electron chi connectivity index (χ0n) is 22.8. The lowest BCUT2D eigenvalue weighted by Crippen LogP contribution is -2.70. The molecule has 2 fully saturated rings. The molecule has 1 aromatic heterocycles. The number of amides is 2. The normalized spacial score (nSPS) is 25.7. The number of carbonyl (C=O) groups is 2. The Hall–Kier alpha value is -4.09. The Morgan fingerprint density at radius 1 is 1.00 bits per heavy atom. The first kappa shape index (κ1) is 25.8. The molecule has 3 aromatic rings. The Morgan fingerprint density at radius 3 is 2.54 bits per heavy atom. The molecule has 7 rings (SSSR count). The minimum atomic E-state index is -0.968. The summed E-state index contributed by atoms with van der Waals surface area (Å²) in [6.07, 6.45) is 6.26. The van der Waals surface area contributed by atoms with Gasteiger partial charge < -0.3 is 15.5 Å². The van der Waals surface area contributed by atoms with Crippen LogP contribution in [-0.4, -0.2) is 40.3 Å². The fraction of sp³-hybridized carbons (Fsp3) is 0.364. The van der Waals surface area contributed by atoms with Crippen LogP contribution in [0.4, 0.5) is 14.6 Å². The number of nitrogens with zero attached hydrogens (tertiary/aromatic N) is 2. The van der Waals surface area contributed by atoms with E-state index in [0.29, 0.717) is 30.8 Å². The number of anilines is 1. The number of benzene rings is 2. The number of fused-ring (bicyclic) bond motifs is 3. The van der Waals surface area contributed by atoms with Gasteiger partial charge in [0, 0.05) is 29.9 Å². The molecule has 6 nitrogen and oxygen atoms in total. The van der Waals surface area contributed by atoms with Gasteiger partial charge in [-0.1, -0.05) is 36.8 Å². The van der Waals surface area contributed by atoms with Gasteiger partial charge in [0.1, 0.15) is 17.5 Å². The highest BCUT2D eigenvalue weighted by atomic mass is 19.1. The van der Waals surface area contributed by atoms with Crippen LogP contribution < -0.4 is 10.6 Å². The minimum absolute atomic E-state index is 0.0267. The van der Waals surface area contributed by atoms with Gasteiger partial charge in [0.15, 0.2) is 0 Å². The maximum atomic E-state index is 14.2. The molecule has 2 aliphatic heterocycles. The van der Waals surface area contributed by atoms with E-state index in [0.717, 1.165) is 54.0 Å². The summed E-state index contributed by atoms with van der Waals surface area (Å²) in [5, 5.41) is 6.39. The molecule has 0 radical (unpaired) electrons. The highest BCUT2D eigenvalue weighted by Crippen LogP contribution is 2.46. The van der Waals surface area contributed by atoms with Crippen LogP contribution in [0.5, 0.6) is 0 Å². The summed E-state index contributed by atoms with van der Waals surface area (Å²) in [6.45, 7) is 2.34. The predicted octanol–water partition coefficient (Wildman–Crippen LogP) is 4.36. The lowest BCUT2D eigenvalue weighted by atomic mass is 9.79. The van der Waals surface area contributed by atoms with E-state index in [2.05, 4.69) is 27.5 Å². The topological polar surface area (TPSA) is 74.3 Å². The van der Waals surface area contributed by atoms with E-state index in [9.17, 15) is 18.4 Å². The first-order valence-corrected chi connectivity index (χ1v) is 14.1. The summed E-state index contributed by atoms with van der Waals surface area (Å²) < 4.78 is 28.5. The van der Waals surface area contributed by atoms with Gasteiger partial charge in [-0.3, -0.25) is 9.59 Å². The first-order chi connectivity index (χ1) is 19.7. The van der Waals surface area contributed by atoms with Gasteiger partial charge in [0.25, 0.3) is 0 Å². The Morgan fingerprint density at radius 2 is 1.76 bits per heavy atom. The van der Waals surface area contributed by atoms with Crippen LogP contribution in [-0.2, 0) is 33.4 Å². The Bertz CT molecular complexity index is 1650. The molecule has 2 aromatic carbocycles. The summed E-state index contributed by atoms with van der Waals surface area (Å²) in [5.41, 5.74) is 2.05. The highest BCUT2D eigenvalue weighted by Gasteiger charge is 2.53. The minimum Gasteiger partial charge on any atom is -0.319 e. The van der Waals surface area contributed by atoms with Gasteiger partial charge in [-0.2, -0.15) is 0 Å². The van der Waals surface area contributed by atoms with E-state index in [1.54, 1.807) is 11.1 Å². The lowest BCUT2D eigenvalue weighted by molar-refractivity contribution is -0.149. The summed E-state index contributed by atoms with van der Waals surface area (Å²) in [6, 6.07) is 13.3. The van der Waals surface area contributed by atoms with Gasteiger partial charge >= 0.3 is 0 Å². The average Bonchev–Trinajstić information content (AvgIpc) is 3.65. The molecule has 2 amide bonds. The Balaban J connectivity index is 1.18. The molecular weight excluding hydrogens is 522 g/mol. The fourth-order valence-electron chi connectivity index (χ4n) is 7.30. The monoisotopic (exact) mass is 552 g/mol. The Labute approximate surface area is 237 Å². The summed E-state index contributed by atoms with van der Waals surface area (Å²) in [7, 11) is 0. The molecule has 3 heterocycles. The molecule has 41 heavy (non-hydrogen) atoms. The molecule has 0 bridgehead atoms. The largest absolute Gasteiger partial charge is 0.319 e. The molecule has 2 spiro atoms. The van der Waals surface area contributed by atoms with Crippen molar-refractivity contribution in [3.8, 4) is 11.8 Å². The van der Waals surface area contributed by atoms with Crippen LogP contribution in [0.3, 0.4) is 0 Å². The number of rotatable bonds is 2. The van der Waals surface area contributed by atoms with Crippen LogP contribution in [0.25, 0.3) is 0 Å². The van der Waals surface area contributed by atoms with Gasteiger partial charge in [-0.05, 0) is 79.6 Å². The third-order valence-electron chi connectivity index (χ3n) is 9.61. The van der Waals surface area contributed by atoms with Gasteiger partial charge in [-0.15, -0.1) is 0 Å². The third kappa shape index (κ3) is 3.98. The van der Waals surface area contributed by atoms with Crippen molar-refractivity contribution in [3.63, 3.8) is 0 Å². The average molecular weight is 553 g/mol. The number of aromatic nitrogens is 1. The van der Waals surface area contributed by atoms with E-state index < -0.39 is 28.1 Å². The SMILES string of the molecule is C[C@@]1(c2cc(F)cc(F)c2)CNC2(CCCC2)C(=O)N1CC#Cc1ccc2c(c1)C[C@@]1(C2)C(=O)Nc2ncccc21. The molecule has 2 aliphatic carbocycles. The van der Waals surface area contributed by atoms with Crippen molar-refractivity contribution in [3.05, 3.63) is 94.2 Å². The van der Waals surface area contributed by atoms with Crippen LogP contribution >= 0.6 is 0 Å². The van der Waals surface area contributed by atoms with Crippen LogP contribution in [0.1, 0.15) is 60.4 Å². The number of nitrogens with one attached hydrogen (secondary N) is 2. The Kier molecular flexibility index (Phi) is 5.81. The van der Waals surface area contributed by atoms with E-state index in [1.165, 1.54) is 12.1 Å². The number of piperazine rings is 1. The maximum Gasteiger partial charge on any atom is 0.244 e. The van der Waals surface area contributed by atoms with Crippen LogP contribution in [0.2, 0.25) is 0 Å². The fourth-order valence-corrected chi connectivity index (χ4v) is 7.30. The van der Waals surface area contributed by atoms with E-state index >= 15 is 0 Å². The van der Waals surface area contributed by atoms with Crippen molar-refractivity contribution >= 4 is 17.6 Å². The number of hydrogen-bond donors (Lipinski definition) is 2. The van der Waals surface area contributed by atoms with E-state index in [-0.39, 0.29) is 18.4 Å². The number of hydrogen-bond acceptors (Lipinski definition) is 4. The van der Waals surface area contributed by atoms with Crippen molar-refractivity contribution in [2.45, 2.75) is 61.9 Å². The first-order valence-electron chi connectivity index (χ1n) is 14.1. The second-order valence-corrected chi connectivity index (χ2v) is 12.0. The van der Waals surface area contributed by atoms with Gasteiger partial charge in [0.05, 0.1) is 23.0 Å². The molecule has 4 aliphatic rings. The third-order valence-corrected chi connectivity index (χ3v) is 9.61. The van der Waals surface area contributed by atoms with Crippen molar-refractivity contribution < 1.29 is 18.4 Å². The van der Waals surface area contributed by atoms with Crippen molar-refractivity contribution in [1.82, 2.24) is 15.2 Å². The standard InChI is InChI=1S/C33H30F2N4O2/c1-31(24-15-25(34)17-26(35)16-24)20-37-33(10-2-3-11-33)30(41)39(31)13-5-6-21-8-9-22-18-32(19-23(22)14-21)27-7-4-12-36-28(27)38-29(32)40/h4,7-9,12,14-17,37H,2-3,10-11,13,18-20H2,1H3,(H,36,38,40)/t31-,32+/m0/s1. The second kappa shape index (κ2) is 9.22. The molecular formula is C33H30F2N4O2. The molecule has 0 unspecified atom stereocenters. The van der Waals surface area contributed by atoms with E-state index in [4.69, 9.17) is 0 Å². The zero-order valence-corrected chi connectivity index (χ0v) is 22.8. The quantitative estimate of drug-likeness (QED) is 0.464. The lowest BCUT2D eigenvalue weighted by Gasteiger charge is -2.51. The van der Waals surface area contributed by atoms with Crippen molar-refractivity contribution in [1.29, 1.82) is 0 Å². The highest BCUT2D eigenvalue weighted by molar-refractivity contribution is 6.06. The molecule has 2 atom stereocenters. The zero-order chi connectivity index (χ0) is 28.4. The van der Waals surface area contributed by atoms with Gasteiger partial charge in [-0.25, -0.2) is 13.8 Å². The molecule has 1 saturated heterocycles. The molecule has 208 valence electrons. The number of halogens is 2. The van der Waals surface area contributed by atoms with E-state index in [1.807, 2.05) is 37.3 Å². The second-order valence-electron chi connectivity index (χ2n) is 12.0. The number of pyridine rings is 1. The molecule has 2 N–H and O–H groups in total. The maximum absolute atomic E-state index is 14.2. The summed E-state index contributed by atoms with van der Waals surface area (Å²) in [4.78, 5) is 33.0.